The van der Waals surface area contributed by atoms with E-state index in [2.05, 4.69) is 45.8 Å². The summed E-state index contributed by atoms with van der Waals surface area (Å²) in [4.78, 5) is 2.43. The smallest absolute Gasteiger partial charge is 0.0896 e. The van der Waals surface area contributed by atoms with Crippen molar-refractivity contribution in [1.82, 2.24) is 15.1 Å². The predicted molar refractivity (Wildman–Crippen MR) is 101 cm³/mol. The van der Waals surface area contributed by atoms with Crippen LogP contribution in [0, 0.1) is 5.92 Å². The summed E-state index contributed by atoms with van der Waals surface area (Å²) < 4.78 is 13.3. The van der Waals surface area contributed by atoms with Gasteiger partial charge in [-0.05, 0) is 18.1 Å². The lowest BCUT2D eigenvalue weighted by molar-refractivity contribution is 0.0904. The normalized spacial score (nSPS) is 23.5. The molecule has 0 spiro atoms. The van der Waals surface area contributed by atoms with Crippen molar-refractivity contribution in [2.75, 3.05) is 44.4 Å². The molecule has 3 heterocycles. The van der Waals surface area contributed by atoms with Gasteiger partial charge in [-0.25, -0.2) is 0 Å². The van der Waals surface area contributed by atoms with E-state index in [-0.39, 0.29) is 6.10 Å². The number of para-hydroxylation sites is 1. The second-order valence-electron chi connectivity index (χ2n) is 7.15. The van der Waals surface area contributed by atoms with E-state index in [1.807, 2.05) is 17.9 Å². The minimum absolute atomic E-state index is 0.158. The fourth-order valence-corrected chi connectivity index (χ4v) is 3.96. The van der Waals surface area contributed by atoms with Gasteiger partial charge in [0, 0.05) is 63.2 Å². The zero-order valence-electron chi connectivity index (χ0n) is 15.4. The average molecular weight is 356 g/mol. The number of aromatic nitrogens is 2. The van der Waals surface area contributed by atoms with Gasteiger partial charge in [0.2, 0.25) is 0 Å². The Hall–Kier alpha value is -1.89. The van der Waals surface area contributed by atoms with Crippen LogP contribution in [0.1, 0.15) is 23.7 Å². The van der Waals surface area contributed by atoms with E-state index in [4.69, 9.17) is 9.47 Å². The second-order valence-corrected chi connectivity index (χ2v) is 7.15. The predicted octanol–water partition coefficient (Wildman–Crippen LogP) is 2.12. The third-order valence-electron chi connectivity index (χ3n) is 5.33. The van der Waals surface area contributed by atoms with Gasteiger partial charge < -0.3 is 19.7 Å². The number of ether oxygens (including phenoxy) is 2. The van der Waals surface area contributed by atoms with Crippen molar-refractivity contribution >= 4 is 5.69 Å². The lowest BCUT2D eigenvalue weighted by atomic mass is 9.97. The molecule has 0 unspecified atom stereocenters. The van der Waals surface area contributed by atoms with Gasteiger partial charge in [0.1, 0.15) is 0 Å². The Bertz CT molecular complexity index is 711. The van der Waals surface area contributed by atoms with E-state index in [0.29, 0.717) is 5.92 Å². The fraction of sp³-hybridized carbons (Fsp3) is 0.550. The summed E-state index contributed by atoms with van der Waals surface area (Å²) in [6, 6.07) is 8.69. The number of rotatable bonds is 6. The molecule has 2 aliphatic heterocycles. The molecule has 140 valence electrons. The Labute approximate surface area is 155 Å². The molecule has 0 aliphatic carbocycles. The number of hydrogen-bond acceptors (Lipinski definition) is 5. The van der Waals surface area contributed by atoms with Crippen molar-refractivity contribution < 1.29 is 9.47 Å². The molecule has 2 fully saturated rings. The third kappa shape index (κ3) is 3.92. The van der Waals surface area contributed by atoms with E-state index in [9.17, 15) is 0 Å². The van der Waals surface area contributed by atoms with Crippen LogP contribution in [0.4, 0.5) is 5.69 Å². The van der Waals surface area contributed by atoms with Gasteiger partial charge in [-0.1, -0.05) is 18.2 Å². The number of anilines is 1. The number of nitrogens with zero attached hydrogens (tertiary/aromatic N) is 3. The summed E-state index contributed by atoms with van der Waals surface area (Å²) in [7, 11) is 1.95. The summed E-state index contributed by atoms with van der Waals surface area (Å²) in [5.74, 6) is 0.495. The number of benzene rings is 1. The Morgan fingerprint density at radius 2 is 2.04 bits per heavy atom. The van der Waals surface area contributed by atoms with Gasteiger partial charge in [0.05, 0.1) is 25.5 Å². The highest BCUT2D eigenvalue weighted by atomic mass is 16.5. The molecule has 0 bridgehead atoms. The zero-order chi connectivity index (χ0) is 17.8. The lowest BCUT2D eigenvalue weighted by Gasteiger charge is -2.30. The molecule has 6 heteroatoms. The third-order valence-corrected chi connectivity index (χ3v) is 5.33. The highest BCUT2D eigenvalue weighted by Gasteiger charge is 2.30. The van der Waals surface area contributed by atoms with Crippen molar-refractivity contribution in [3.8, 4) is 0 Å². The van der Waals surface area contributed by atoms with E-state index in [0.717, 1.165) is 52.4 Å². The Balaban J connectivity index is 1.36. The van der Waals surface area contributed by atoms with Crippen LogP contribution in [0.25, 0.3) is 0 Å². The average Bonchev–Trinajstić information content (AvgIpc) is 3.31. The highest BCUT2D eigenvalue weighted by molar-refractivity contribution is 5.53. The quantitative estimate of drug-likeness (QED) is 0.859. The summed E-state index contributed by atoms with van der Waals surface area (Å²) in [5.41, 5.74) is 3.87. The molecule has 2 saturated heterocycles. The standard InChI is InChI=1S/C20H28N4O2/c1-23-15-18(14-22-23)20-17(6-9-26-20)13-21-12-16-4-2-3-5-19(16)24-7-10-25-11-8-24/h2-5,14-15,17,20-21H,6-13H2,1H3/t17-,20+/m0/s1. The maximum Gasteiger partial charge on any atom is 0.0896 e. The fourth-order valence-electron chi connectivity index (χ4n) is 3.96. The Morgan fingerprint density at radius 3 is 2.85 bits per heavy atom. The first-order valence-electron chi connectivity index (χ1n) is 9.53. The van der Waals surface area contributed by atoms with Crippen LogP contribution in [0.2, 0.25) is 0 Å². The molecule has 1 N–H and O–H groups in total. The second kappa shape index (κ2) is 8.20. The largest absolute Gasteiger partial charge is 0.378 e. The zero-order valence-corrected chi connectivity index (χ0v) is 15.4. The van der Waals surface area contributed by atoms with Gasteiger partial charge in [-0.15, -0.1) is 0 Å². The van der Waals surface area contributed by atoms with Crippen LogP contribution in [0.3, 0.4) is 0 Å². The van der Waals surface area contributed by atoms with E-state index in [1.165, 1.54) is 16.8 Å². The van der Waals surface area contributed by atoms with Crippen LogP contribution in [0.5, 0.6) is 0 Å². The summed E-state index contributed by atoms with van der Waals surface area (Å²) in [5, 5.41) is 7.95. The van der Waals surface area contributed by atoms with Gasteiger partial charge in [0.15, 0.2) is 0 Å². The van der Waals surface area contributed by atoms with Crippen LogP contribution in [-0.4, -0.2) is 49.2 Å². The van der Waals surface area contributed by atoms with E-state index >= 15 is 0 Å². The van der Waals surface area contributed by atoms with Gasteiger partial charge in [-0.3, -0.25) is 4.68 Å². The molecular weight excluding hydrogens is 328 g/mol. The number of hydrogen-bond donors (Lipinski definition) is 1. The molecule has 1 aromatic heterocycles. The minimum Gasteiger partial charge on any atom is -0.378 e. The highest BCUT2D eigenvalue weighted by Crippen LogP contribution is 2.34. The van der Waals surface area contributed by atoms with Crippen molar-refractivity contribution in [3.63, 3.8) is 0 Å². The maximum atomic E-state index is 5.97. The van der Waals surface area contributed by atoms with Crippen molar-refractivity contribution in [1.29, 1.82) is 0 Å². The first-order chi connectivity index (χ1) is 12.8. The SMILES string of the molecule is Cn1cc([C@@H]2OCC[C@H]2CNCc2ccccc2N2CCOCC2)cn1. The van der Waals surface area contributed by atoms with Crippen molar-refractivity contribution in [2.45, 2.75) is 19.1 Å². The van der Waals surface area contributed by atoms with Gasteiger partial charge in [0.25, 0.3) is 0 Å². The maximum absolute atomic E-state index is 5.97. The van der Waals surface area contributed by atoms with Crippen molar-refractivity contribution in [3.05, 3.63) is 47.8 Å². The lowest BCUT2D eigenvalue weighted by Crippen LogP contribution is -2.37. The number of nitrogens with one attached hydrogen (secondary N) is 1. The van der Waals surface area contributed by atoms with E-state index in [1.54, 1.807) is 0 Å². The molecule has 0 saturated carbocycles. The molecule has 0 radical (unpaired) electrons. The van der Waals surface area contributed by atoms with Crippen LogP contribution >= 0.6 is 0 Å². The van der Waals surface area contributed by atoms with Crippen LogP contribution < -0.4 is 10.2 Å². The Kier molecular flexibility index (Phi) is 5.53. The van der Waals surface area contributed by atoms with Gasteiger partial charge >= 0.3 is 0 Å². The van der Waals surface area contributed by atoms with E-state index < -0.39 is 0 Å². The monoisotopic (exact) mass is 356 g/mol. The molecule has 2 aliphatic rings. The first-order valence-corrected chi connectivity index (χ1v) is 9.53. The molecule has 2 aromatic rings. The van der Waals surface area contributed by atoms with Crippen LogP contribution in [0.15, 0.2) is 36.7 Å². The summed E-state index contributed by atoms with van der Waals surface area (Å²) in [6.07, 6.45) is 5.25. The minimum atomic E-state index is 0.158. The van der Waals surface area contributed by atoms with Crippen LogP contribution in [-0.2, 0) is 23.1 Å². The van der Waals surface area contributed by atoms with Gasteiger partial charge in [-0.2, -0.15) is 5.10 Å². The molecular formula is C20H28N4O2. The Morgan fingerprint density at radius 1 is 1.19 bits per heavy atom. The molecule has 1 aromatic carbocycles. The number of morpholine rings is 1. The topological polar surface area (TPSA) is 51.5 Å². The molecule has 4 rings (SSSR count). The molecule has 26 heavy (non-hydrogen) atoms. The molecule has 0 amide bonds. The summed E-state index contributed by atoms with van der Waals surface area (Å²) in [6.45, 7) is 6.23. The number of aryl methyl sites for hydroxylation is 1. The van der Waals surface area contributed by atoms with Crippen molar-refractivity contribution in [2.24, 2.45) is 13.0 Å². The first kappa shape index (κ1) is 17.5. The molecule has 6 nitrogen and oxygen atoms in total. The summed E-state index contributed by atoms with van der Waals surface area (Å²) >= 11 is 0. The molecule has 2 atom stereocenters.